The van der Waals surface area contributed by atoms with Crippen LogP contribution in [0.1, 0.15) is 29.3 Å². The molecule has 1 unspecified atom stereocenters. The standard InChI is InChI=1S/C14H13BrF2O/c1-8(15)10-4-3-9-5-6-12(18-2)13(14(16)17)11(9)7-10/h3-8,14H,1-2H3. The Balaban J connectivity index is 2.76. The first kappa shape index (κ1) is 13.3. The van der Waals surface area contributed by atoms with Gasteiger partial charge >= 0.3 is 0 Å². The third-order valence-electron chi connectivity index (χ3n) is 2.94. The Kier molecular flexibility index (Phi) is 3.85. The van der Waals surface area contributed by atoms with Crippen molar-refractivity contribution in [2.45, 2.75) is 18.2 Å². The van der Waals surface area contributed by atoms with Crippen LogP contribution in [-0.2, 0) is 0 Å². The second kappa shape index (κ2) is 5.22. The number of ether oxygens (including phenoxy) is 1. The molecule has 0 amide bonds. The van der Waals surface area contributed by atoms with E-state index in [1.807, 2.05) is 19.1 Å². The molecule has 0 aromatic heterocycles. The van der Waals surface area contributed by atoms with Crippen molar-refractivity contribution in [2.24, 2.45) is 0 Å². The molecule has 0 aliphatic rings. The molecule has 0 fully saturated rings. The lowest BCUT2D eigenvalue weighted by Gasteiger charge is -2.13. The van der Waals surface area contributed by atoms with E-state index in [0.717, 1.165) is 10.9 Å². The molecule has 0 spiro atoms. The summed E-state index contributed by atoms with van der Waals surface area (Å²) in [6.45, 7) is 1.96. The Morgan fingerprint density at radius 1 is 1.17 bits per heavy atom. The molecule has 0 aliphatic heterocycles. The number of alkyl halides is 3. The van der Waals surface area contributed by atoms with Gasteiger partial charge in [-0.2, -0.15) is 0 Å². The van der Waals surface area contributed by atoms with Gasteiger partial charge in [0.25, 0.3) is 6.43 Å². The van der Waals surface area contributed by atoms with Gasteiger partial charge in [0.05, 0.1) is 12.7 Å². The summed E-state index contributed by atoms with van der Waals surface area (Å²) < 4.78 is 31.4. The number of methoxy groups -OCH3 is 1. The molecule has 0 heterocycles. The van der Waals surface area contributed by atoms with E-state index in [2.05, 4.69) is 15.9 Å². The minimum Gasteiger partial charge on any atom is -0.496 e. The molecule has 2 aromatic rings. The minimum absolute atomic E-state index is 0.0370. The maximum absolute atomic E-state index is 13.2. The molecular weight excluding hydrogens is 302 g/mol. The number of halogens is 3. The lowest BCUT2D eigenvalue weighted by Crippen LogP contribution is -1.95. The highest BCUT2D eigenvalue weighted by molar-refractivity contribution is 9.09. The highest BCUT2D eigenvalue weighted by Crippen LogP contribution is 2.37. The predicted octanol–water partition coefficient (Wildman–Crippen LogP) is 5.24. The zero-order valence-corrected chi connectivity index (χ0v) is 11.7. The minimum atomic E-state index is -2.55. The quantitative estimate of drug-likeness (QED) is 0.704. The van der Waals surface area contributed by atoms with Gasteiger partial charge < -0.3 is 4.74 Å². The molecule has 0 radical (unpaired) electrons. The highest BCUT2D eigenvalue weighted by Gasteiger charge is 2.18. The molecule has 4 heteroatoms. The van der Waals surface area contributed by atoms with Crippen LogP contribution in [0.25, 0.3) is 10.8 Å². The summed E-state index contributed by atoms with van der Waals surface area (Å²) in [6, 6.07) is 8.96. The van der Waals surface area contributed by atoms with E-state index < -0.39 is 6.43 Å². The van der Waals surface area contributed by atoms with E-state index in [1.165, 1.54) is 7.11 Å². The molecule has 0 aliphatic carbocycles. The van der Waals surface area contributed by atoms with E-state index in [4.69, 9.17) is 4.74 Å². The summed E-state index contributed by atoms with van der Waals surface area (Å²) in [6.07, 6.45) is -2.55. The Morgan fingerprint density at radius 3 is 2.39 bits per heavy atom. The highest BCUT2D eigenvalue weighted by atomic mass is 79.9. The molecule has 1 atom stereocenters. The van der Waals surface area contributed by atoms with Crippen molar-refractivity contribution in [1.29, 1.82) is 0 Å². The van der Waals surface area contributed by atoms with E-state index in [1.54, 1.807) is 18.2 Å². The Labute approximate surface area is 113 Å². The third-order valence-corrected chi connectivity index (χ3v) is 3.47. The maximum Gasteiger partial charge on any atom is 0.268 e. The fourth-order valence-corrected chi connectivity index (χ4v) is 2.28. The van der Waals surface area contributed by atoms with Crippen LogP contribution in [0.15, 0.2) is 30.3 Å². The normalized spacial score (nSPS) is 13.0. The van der Waals surface area contributed by atoms with Gasteiger partial charge in [0, 0.05) is 4.83 Å². The van der Waals surface area contributed by atoms with Crippen LogP contribution in [0.2, 0.25) is 0 Å². The molecule has 18 heavy (non-hydrogen) atoms. The predicted molar refractivity (Wildman–Crippen MR) is 72.8 cm³/mol. The Morgan fingerprint density at radius 2 is 1.83 bits per heavy atom. The maximum atomic E-state index is 13.2. The second-order valence-corrected chi connectivity index (χ2v) is 5.45. The molecule has 1 nitrogen and oxygen atoms in total. The van der Waals surface area contributed by atoms with Crippen molar-refractivity contribution >= 4 is 26.7 Å². The molecule has 0 saturated carbocycles. The van der Waals surface area contributed by atoms with Crippen LogP contribution in [0.3, 0.4) is 0 Å². The summed E-state index contributed by atoms with van der Waals surface area (Å²) in [5.41, 5.74) is 0.933. The summed E-state index contributed by atoms with van der Waals surface area (Å²) in [5, 5.41) is 1.34. The number of fused-ring (bicyclic) bond motifs is 1. The van der Waals surface area contributed by atoms with Crippen LogP contribution < -0.4 is 4.74 Å². The molecule has 96 valence electrons. The van der Waals surface area contributed by atoms with Crippen molar-refractivity contribution in [3.63, 3.8) is 0 Å². The van der Waals surface area contributed by atoms with Gasteiger partial charge in [-0.15, -0.1) is 0 Å². The van der Waals surface area contributed by atoms with Crippen molar-refractivity contribution in [2.75, 3.05) is 7.11 Å². The van der Waals surface area contributed by atoms with Gasteiger partial charge in [-0.3, -0.25) is 0 Å². The van der Waals surface area contributed by atoms with Gasteiger partial charge in [0.2, 0.25) is 0 Å². The second-order valence-electron chi connectivity index (χ2n) is 4.08. The molecular formula is C14H13BrF2O. The average molecular weight is 315 g/mol. The van der Waals surface area contributed by atoms with E-state index in [9.17, 15) is 8.78 Å². The average Bonchev–Trinajstić information content (AvgIpc) is 2.36. The Bertz CT molecular complexity index is 567. The number of benzene rings is 2. The van der Waals surface area contributed by atoms with Crippen molar-refractivity contribution in [1.82, 2.24) is 0 Å². The summed E-state index contributed by atoms with van der Waals surface area (Å²) in [7, 11) is 1.41. The molecule has 0 saturated heterocycles. The molecule has 0 bridgehead atoms. The van der Waals surface area contributed by atoms with E-state index in [-0.39, 0.29) is 16.1 Å². The number of hydrogen-bond acceptors (Lipinski definition) is 1. The first-order valence-corrected chi connectivity index (χ1v) is 6.49. The molecule has 2 rings (SSSR count). The molecule has 2 aromatic carbocycles. The van der Waals surface area contributed by atoms with Crippen LogP contribution in [0, 0.1) is 0 Å². The summed E-state index contributed by atoms with van der Waals surface area (Å²) >= 11 is 3.45. The summed E-state index contributed by atoms with van der Waals surface area (Å²) in [5.74, 6) is 0.233. The first-order valence-electron chi connectivity index (χ1n) is 5.57. The van der Waals surface area contributed by atoms with Gasteiger partial charge in [-0.25, -0.2) is 8.78 Å². The van der Waals surface area contributed by atoms with Gasteiger partial charge in [-0.05, 0) is 35.4 Å². The SMILES string of the molecule is COc1ccc2ccc(C(C)Br)cc2c1C(F)F. The lowest BCUT2D eigenvalue weighted by molar-refractivity contribution is 0.149. The fraction of sp³-hybridized carbons (Fsp3) is 0.286. The van der Waals surface area contributed by atoms with Gasteiger partial charge in [-0.1, -0.05) is 34.1 Å². The van der Waals surface area contributed by atoms with Crippen LogP contribution in [-0.4, -0.2) is 7.11 Å². The number of rotatable bonds is 3. The fourth-order valence-electron chi connectivity index (χ4n) is 1.99. The lowest BCUT2D eigenvalue weighted by atomic mass is 10.00. The molecule has 0 N–H and O–H groups in total. The zero-order chi connectivity index (χ0) is 13.3. The third kappa shape index (κ3) is 2.34. The van der Waals surface area contributed by atoms with Crippen molar-refractivity contribution < 1.29 is 13.5 Å². The summed E-state index contributed by atoms with van der Waals surface area (Å²) in [4.78, 5) is 0.124. The van der Waals surface area contributed by atoms with Crippen LogP contribution in [0.5, 0.6) is 5.75 Å². The largest absolute Gasteiger partial charge is 0.496 e. The monoisotopic (exact) mass is 314 g/mol. The first-order chi connectivity index (χ1) is 8.54. The van der Waals surface area contributed by atoms with Crippen molar-refractivity contribution in [3.8, 4) is 5.75 Å². The smallest absolute Gasteiger partial charge is 0.268 e. The van der Waals surface area contributed by atoms with E-state index >= 15 is 0 Å². The van der Waals surface area contributed by atoms with Crippen molar-refractivity contribution in [3.05, 3.63) is 41.5 Å². The van der Waals surface area contributed by atoms with Crippen LogP contribution in [0.4, 0.5) is 8.78 Å². The van der Waals surface area contributed by atoms with Gasteiger partial charge in [0.1, 0.15) is 5.75 Å². The van der Waals surface area contributed by atoms with E-state index in [0.29, 0.717) is 5.39 Å². The van der Waals surface area contributed by atoms with Crippen LogP contribution >= 0.6 is 15.9 Å². The topological polar surface area (TPSA) is 9.23 Å². The number of hydrogen-bond donors (Lipinski definition) is 0. The zero-order valence-electron chi connectivity index (χ0n) is 10.1. The Hall–Kier alpha value is -1.16. The van der Waals surface area contributed by atoms with Gasteiger partial charge in [0.15, 0.2) is 0 Å².